The van der Waals surface area contributed by atoms with Crippen LogP contribution in [0.15, 0.2) is 24.3 Å². The molecule has 0 fully saturated rings. The van der Waals surface area contributed by atoms with Gasteiger partial charge in [0.25, 0.3) is 0 Å². The van der Waals surface area contributed by atoms with Gasteiger partial charge < -0.3 is 10.1 Å². The van der Waals surface area contributed by atoms with Crippen molar-refractivity contribution in [3.8, 4) is 6.07 Å². The Morgan fingerprint density at radius 2 is 1.96 bits per heavy atom. The molecular weight excluding hydrogens is 320 g/mol. The van der Waals surface area contributed by atoms with Crippen LogP contribution in [-0.4, -0.2) is 50.2 Å². The monoisotopic (exact) mass is 346 g/mol. The van der Waals surface area contributed by atoms with Gasteiger partial charge in [0.2, 0.25) is 5.91 Å². The second kappa shape index (κ2) is 11.2. The molecule has 0 saturated carbocycles. The van der Waals surface area contributed by atoms with Gasteiger partial charge in [0, 0.05) is 26.7 Å². The van der Waals surface area contributed by atoms with Crippen LogP contribution in [0.5, 0.6) is 0 Å². The average Bonchev–Trinajstić information content (AvgIpc) is 2.58. The normalized spacial score (nSPS) is 10.6. The summed E-state index contributed by atoms with van der Waals surface area (Å²) in [4.78, 5) is 25.6. The molecule has 1 aromatic rings. The van der Waals surface area contributed by atoms with E-state index in [-0.39, 0.29) is 12.5 Å². The Morgan fingerprint density at radius 3 is 2.52 bits per heavy atom. The largest absolute Gasteiger partial charge is 0.383 e. The molecule has 0 saturated heterocycles. The molecule has 0 aromatic heterocycles. The maximum absolute atomic E-state index is 12.1. The quantitative estimate of drug-likeness (QED) is 0.706. The van der Waals surface area contributed by atoms with Gasteiger partial charge >= 0.3 is 6.03 Å². The Kier molecular flexibility index (Phi) is 9.22. The second-order valence-electron chi connectivity index (χ2n) is 6.16. The molecule has 7 nitrogen and oxygen atoms in total. The minimum atomic E-state index is -0.483. The molecule has 7 heteroatoms. The van der Waals surface area contributed by atoms with E-state index < -0.39 is 6.03 Å². The maximum atomic E-state index is 12.1. The van der Waals surface area contributed by atoms with Crippen molar-refractivity contribution in [1.82, 2.24) is 15.5 Å². The molecule has 0 bridgehead atoms. The number of hydrogen-bond acceptors (Lipinski definition) is 5. The van der Waals surface area contributed by atoms with Gasteiger partial charge in [-0.05, 0) is 23.6 Å². The van der Waals surface area contributed by atoms with E-state index in [1.807, 2.05) is 30.9 Å². The number of amides is 3. The van der Waals surface area contributed by atoms with Crippen LogP contribution in [0.1, 0.15) is 25.0 Å². The summed E-state index contributed by atoms with van der Waals surface area (Å²) in [6.45, 7) is 6.10. The van der Waals surface area contributed by atoms with Gasteiger partial charge in [-0.1, -0.05) is 26.0 Å². The highest BCUT2D eigenvalue weighted by molar-refractivity contribution is 5.95. The van der Waals surface area contributed by atoms with Gasteiger partial charge in [0.05, 0.1) is 24.8 Å². The van der Waals surface area contributed by atoms with Gasteiger partial charge in [0.1, 0.15) is 0 Å². The highest BCUT2D eigenvalue weighted by Gasteiger charge is 2.14. The molecule has 1 rings (SSSR count). The van der Waals surface area contributed by atoms with Crippen LogP contribution >= 0.6 is 0 Å². The lowest BCUT2D eigenvalue weighted by molar-refractivity contribution is -0.121. The zero-order chi connectivity index (χ0) is 18.7. The van der Waals surface area contributed by atoms with E-state index in [9.17, 15) is 9.59 Å². The fraction of sp³-hybridized carbons (Fsp3) is 0.500. The Balaban J connectivity index is 2.57. The lowest BCUT2D eigenvalue weighted by Gasteiger charge is -2.21. The summed E-state index contributed by atoms with van der Waals surface area (Å²) in [6, 6.07) is 8.77. The number of nitrogens with one attached hydrogen (secondary N) is 2. The molecule has 136 valence electrons. The summed E-state index contributed by atoms with van der Waals surface area (Å²) in [5.41, 5.74) is 1.57. The van der Waals surface area contributed by atoms with Crippen molar-refractivity contribution in [2.24, 2.45) is 5.92 Å². The van der Waals surface area contributed by atoms with Gasteiger partial charge in [0.15, 0.2) is 0 Å². The lowest BCUT2D eigenvalue weighted by atomic mass is 10.1. The molecule has 0 heterocycles. The van der Waals surface area contributed by atoms with Gasteiger partial charge in [-0.15, -0.1) is 0 Å². The van der Waals surface area contributed by atoms with Crippen molar-refractivity contribution < 1.29 is 14.3 Å². The van der Waals surface area contributed by atoms with Crippen LogP contribution in [0.2, 0.25) is 0 Å². The minimum Gasteiger partial charge on any atom is -0.383 e. The number of ether oxygens (including phenoxy) is 1. The number of methoxy groups -OCH3 is 1. The van der Waals surface area contributed by atoms with Crippen LogP contribution in [0.4, 0.5) is 4.79 Å². The standard InChI is InChI=1S/C18H26N4O3/c1-14(2)11-20-18(24)21-17(23)13-22(8-9-25-3)12-16-6-4-15(10-19)5-7-16/h4-7,14H,8-9,11-13H2,1-3H3,(H2,20,21,23,24). The van der Waals surface area contributed by atoms with E-state index in [0.29, 0.717) is 37.7 Å². The average molecular weight is 346 g/mol. The van der Waals surface area contributed by atoms with Crippen molar-refractivity contribution in [2.75, 3.05) is 33.4 Å². The third-order valence-corrected chi connectivity index (χ3v) is 3.39. The van der Waals surface area contributed by atoms with Crippen molar-refractivity contribution in [2.45, 2.75) is 20.4 Å². The van der Waals surface area contributed by atoms with Crippen molar-refractivity contribution in [3.05, 3.63) is 35.4 Å². The number of nitriles is 1. The Hall–Kier alpha value is -2.43. The number of urea groups is 1. The molecule has 0 aliphatic carbocycles. The number of carbonyl (C=O) groups excluding carboxylic acids is 2. The van der Waals surface area contributed by atoms with Gasteiger partial charge in [-0.2, -0.15) is 5.26 Å². The zero-order valence-electron chi connectivity index (χ0n) is 15.0. The number of hydrogen-bond donors (Lipinski definition) is 2. The molecule has 2 N–H and O–H groups in total. The summed E-state index contributed by atoms with van der Waals surface area (Å²) in [5, 5.41) is 13.8. The van der Waals surface area contributed by atoms with Crippen molar-refractivity contribution in [1.29, 1.82) is 5.26 Å². The third-order valence-electron chi connectivity index (χ3n) is 3.39. The van der Waals surface area contributed by atoms with Gasteiger partial charge in [-0.3, -0.25) is 15.0 Å². The Labute approximate surface area is 148 Å². The summed E-state index contributed by atoms with van der Waals surface area (Å²) in [7, 11) is 1.60. The first-order valence-electron chi connectivity index (χ1n) is 8.22. The molecule has 0 atom stereocenters. The van der Waals surface area contributed by atoms with E-state index in [4.69, 9.17) is 10.00 Å². The topological polar surface area (TPSA) is 94.5 Å². The van der Waals surface area contributed by atoms with E-state index in [2.05, 4.69) is 16.7 Å². The van der Waals surface area contributed by atoms with Gasteiger partial charge in [-0.25, -0.2) is 4.79 Å². The SMILES string of the molecule is COCCN(CC(=O)NC(=O)NCC(C)C)Cc1ccc(C#N)cc1. The Morgan fingerprint density at radius 1 is 1.28 bits per heavy atom. The third kappa shape index (κ3) is 8.84. The molecular formula is C18H26N4O3. The first-order valence-corrected chi connectivity index (χ1v) is 8.22. The van der Waals surface area contributed by atoms with Crippen LogP contribution in [-0.2, 0) is 16.1 Å². The number of rotatable bonds is 9. The smallest absolute Gasteiger partial charge is 0.321 e. The number of nitrogens with zero attached hydrogens (tertiary/aromatic N) is 2. The van der Waals surface area contributed by atoms with Crippen molar-refractivity contribution >= 4 is 11.9 Å². The number of benzene rings is 1. The number of carbonyl (C=O) groups is 2. The lowest BCUT2D eigenvalue weighted by Crippen LogP contribution is -2.45. The minimum absolute atomic E-state index is 0.0818. The fourth-order valence-corrected chi connectivity index (χ4v) is 2.09. The van der Waals surface area contributed by atoms with E-state index in [0.717, 1.165) is 5.56 Å². The number of imide groups is 1. The summed E-state index contributed by atoms with van der Waals surface area (Å²) < 4.78 is 5.08. The predicted octanol–water partition coefficient (Wildman–Crippen LogP) is 1.49. The summed E-state index contributed by atoms with van der Waals surface area (Å²) in [5.74, 6) is -0.0542. The zero-order valence-corrected chi connectivity index (χ0v) is 15.0. The molecule has 0 radical (unpaired) electrons. The fourth-order valence-electron chi connectivity index (χ4n) is 2.09. The molecule has 25 heavy (non-hydrogen) atoms. The molecule has 0 spiro atoms. The van der Waals surface area contributed by atoms with E-state index in [1.165, 1.54) is 0 Å². The van der Waals surface area contributed by atoms with Crippen molar-refractivity contribution in [3.63, 3.8) is 0 Å². The molecule has 0 unspecified atom stereocenters. The van der Waals surface area contributed by atoms with E-state index >= 15 is 0 Å². The second-order valence-corrected chi connectivity index (χ2v) is 6.16. The molecule has 1 aromatic carbocycles. The maximum Gasteiger partial charge on any atom is 0.321 e. The summed E-state index contributed by atoms with van der Waals surface area (Å²) in [6.07, 6.45) is 0. The predicted molar refractivity (Wildman–Crippen MR) is 94.7 cm³/mol. The first-order chi connectivity index (χ1) is 11.9. The van der Waals surface area contributed by atoms with Crippen LogP contribution in [0, 0.1) is 17.2 Å². The van der Waals surface area contributed by atoms with Crippen LogP contribution in [0.3, 0.4) is 0 Å². The van der Waals surface area contributed by atoms with E-state index in [1.54, 1.807) is 19.2 Å². The highest BCUT2D eigenvalue weighted by Crippen LogP contribution is 2.07. The molecule has 0 aliphatic heterocycles. The first kappa shape index (κ1) is 20.6. The van der Waals surface area contributed by atoms with Crippen LogP contribution < -0.4 is 10.6 Å². The molecule has 3 amide bonds. The summed E-state index contributed by atoms with van der Waals surface area (Å²) >= 11 is 0. The van der Waals surface area contributed by atoms with Crippen LogP contribution in [0.25, 0.3) is 0 Å². The molecule has 0 aliphatic rings. The highest BCUT2D eigenvalue weighted by atomic mass is 16.5. The Bertz CT molecular complexity index is 593.